The van der Waals surface area contributed by atoms with Crippen molar-refractivity contribution in [2.75, 3.05) is 13.2 Å². The number of fused-ring (bicyclic) bond motifs is 3. The Morgan fingerprint density at radius 1 is 1.26 bits per heavy atom. The minimum Gasteiger partial charge on any atom is -0.381 e. The molecule has 0 aliphatic heterocycles. The lowest BCUT2D eigenvalue weighted by Gasteiger charge is -2.06. The molecule has 1 N–H and O–H groups in total. The number of benzene rings is 1. The molecule has 2 heterocycles. The molecule has 0 bridgehead atoms. The maximum absolute atomic E-state index is 12.6. The van der Waals surface area contributed by atoms with Gasteiger partial charge in [-0.05, 0) is 31.4 Å². The Labute approximate surface area is 135 Å². The Balaban J connectivity index is 1.79. The third-order valence-corrected chi connectivity index (χ3v) is 4.06. The third kappa shape index (κ3) is 3.29. The van der Waals surface area contributed by atoms with Crippen LogP contribution in [0.4, 0.5) is 0 Å². The molecule has 0 saturated heterocycles. The molecule has 3 rings (SSSR count). The van der Waals surface area contributed by atoms with E-state index in [1.807, 2.05) is 25.1 Å². The smallest absolute Gasteiger partial charge is 0.277 e. The number of ether oxygens (including phenoxy) is 1. The fourth-order valence-corrected chi connectivity index (χ4v) is 2.75. The topological polar surface area (TPSA) is 59.9 Å². The Morgan fingerprint density at radius 2 is 2.09 bits per heavy atom. The summed E-state index contributed by atoms with van der Waals surface area (Å²) < 4.78 is 7.20. The minimum absolute atomic E-state index is 0.0163. The SMILES string of the molecule is CCCCOCCCn1cnc2c([nH]c3cc(C)ccc32)c1=O. The second kappa shape index (κ2) is 6.96. The van der Waals surface area contributed by atoms with E-state index in [-0.39, 0.29) is 5.56 Å². The zero-order chi connectivity index (χ0) is 16.2. The Hall–Kier alpha value is -2.14. The normalized spacial score (nSPS) is 11.6. The highest BCUT2D eigenvalue weighted by molar-refractivity contribution is 6.04. The summed E-state index contributed by atoms with van der Waals surface area (Å²) in [4.78, 5) is 20.3. The summed E-state index contributed by atoms with van der Waals surface area (Å²) >= 11 is 0. The van der Waals surface area contributed by atoms with Crippen LogP contribution in [0, 0.1) is 6.92 Å². The van der Waals surface area contributed by atoms with Crippen LogP contribution >= 0.6 is 0 Å². The highest BCUT2D eigenvalue weighted by Gasteiger charge is 2.10. The van der Waals surface area contributed by atoms with E-state index in [2.05, 4.69) is 16.9 Å². The Bertz CT molecular complexity index is 864. The van der Waals surface area contributed by atoms with Crippen molar-refractivity contribution in [3.05, 3.63) is 40.4 Å². The molecule has 2 aromatic heterocycles. The molecule has 5 nitrogen and oxygen atoms in total. The first-order valence-electron chi connectivity index (χ1n) is 8.26. The van der Waals surface area contributed by atoms with Gasteiger partial charge in [-0.3, -0.25) is 9.36 Å². The molecule has 0 aliphatic carbocycles. The van der Waals surface area contributed by atoms with Gasteiger partial charge in [-0.25, -0.2) is 4.98 Å². The van der Waals surface area contributed by atoms with Crippen LogP contribution in [-0.4, -0.2) is 27.7 Å². The number of aromatic nitrogens is 3. The van der Waals surface area contributed by atoms with E-state index in [9.17, 15) is 4.79 Å². The van der Waals surface area contributed by atoms with Crippen molar-refractivity contribution in [3.63, 3.8) is 0 Å². The standard InChI is InChI=1S/C18H23N3O2/c1-3-4-9-23-10-5-8-21-12-19-16-14-7-6-13(2)11-15(14)20-17(16)18(21)22/h6-7,11-12,20H,3-5,8-10H2,1-2H3. The summed E-state index contributed by atoms with van der Waals surface area (Å²) in [6, 6.07) is 6.10. The van der Waals surface area contributed by atoms with Gasteiger partial charge in [-0.2, -0.15) is 0 Å². The minimum atomic E-state index is -0.0163. The molecular weight excluding hydrogens is 290 g/mol. The first-order chi connectivity index (χ1) is 11.2. The van der Waals surface area contributed by atoms with Crippen LogP contribution in [0.2, 0.25) is 0 Å². The molecule has 5 heteroatoms. The van der Waals surface area contributed by atoms with Crippen LogP contribution in [0.15, 0.2) is 29.3 Å². The number of nitrogens with zero attached hydrogens (tertiary/aromatic N) is 2. The maximum atomic E-state index is 12.6. The van der Waals surface area contributed by atoms with Gasteiger partial charge in [-0.1, -0.05) is 25.5 Å². The predicted molar refractivity (Wildman–Crippen MR) is 92.9 cm³/mol. The highest BCUT2D eigenvalue weighted by atomic mass is 16.5. The number of nitrogens with one attached hydrogen (secondary N) is 1. The first-order valence-corrected chi connectivity index (χ1v) is 8.26. The number of hydrogen-bond acceptors (Lipinski definition) is 3. The van der Waals surface area contributed by atoms with Crippen molar-refractivity contribution in [2.45, 2.75) is 39.7 Å². The van der Waals surface area contributed by atoms with Crippen molar-refractivity contribution >= 4 is 21.9 Å². The second-order valence-corrected chi connectivity index (χ2v) is 5.96. The van der Waals surface area contributed by atoms with Gasteiger partial charge in [0, 0.05) is 30.7 Å². The highest BCUT2D eigenvalue weighted by Crippen LogP contribution is 2.22. The van der Waals surface area contributed by atoms with Crippen molar-refractivity contribution in [2.24, 2.45) is 0 Å². The van der Waals surface area contributed by atoms with Gasteiger partial charge in [0.05, 0.1) is 6.33 Å². The lowest BCUT2D eigenvalue weighted by Crippen LogP contribution is -2.21. The van der Waals surface area contributed by atoms with E-state index in [1.54, 1.807) is 10.9 Å². The van der Waals surface area contributed by atoms with Crippen molar-refractivity contribution < 1.29 is 4.74 Å². The summed E-state index contributed by atoms with van der Waals surface area (Å²) in [6.45, 7) is 6.28. The van der Waals surface area contributed by atoms with Crippen LogP contribution < -0.4 is 5.56 Å². The van der Waals surface area contributed by atoms with Crippen LogP contribution in [0.1, 0.15) is 31.7 Å². The van der Waals surface area contributed by atoms with Crippen molar-refractivity contribution in [1.29, 1.82) is 0 Å². The summed E-state index contributed by atoms with van der Waals surface area (Å²) in [7, 11) is 0. The van der Waals surface area contributed by atoms with Gasteiger partial charge < -0.3 is 9.72 Å². The predicted octanol–water partition coefficient (Wildman–Crippen LogP) is 3.39. The maximum Gasteiger partial charge on any atom is 0.277 e. The monoisotopic (exact) mass is 313 g/mol. The number of H-pyrrole nitrogens is 1. The van der Waals surface area contributed by atoms with Gasteiger partial charge in [0.25, 0.3) is 5.56 Å². The molecule has 23 heavy (non-hydrogen) atoms. The lowest BCUT2D eigenvalue weighted by atomic mass is 10.2. The summed E-state index contributed by atoms with van der Waals surface area (Å²) in [6.07, 6.45) is 4.68. The Morgan fingerprint density at radius 3 is 2.91 bits per heavy atom. The fourth-order valence-electron chi connectivity index (χ4n) is 2.75. The molecule has 0 fully saturated rings. The van der Waals surface area contributed by atoms with Crippen LogP contribution in [0.25, 0.3) is 21.9 Å². The van der Waals surface area contributed by atoms with Gasteiger partial charge in [0.2, 0.25) is 0 Å². The molecule has 122 valence electrons. The Kier molecular flexibility index (Phi) is 4.76. The molecule has 0 aliphatic rings. The summed E-state index contributed by atoms with van der Waals surface area (Å²) in [5.41, 5.74) is 3.44. The van der Waals surface area contributed by atoms with Crippen LogP contribution in [0.3, 0.4) is 0 Å². The number of rotatable bonds is 7. The molecule has 1 aromatic carbocycles. The van der Waals surface area contributed by atoms with Gasteiger partial charge in [-0.15, -0.1) is 0 Å². The molecule has 0 radical (unpaired) electrons. The molecule has 3 aromatic rings. The van der Waals surface area contributed by atoms with Gasteiger partial charge in [0.15, 0.2) is 0 Å². The summed E-state index contributed by atoms with van der Waals surface area (Å²) in [5, 5.41) is 0.998. The second-order valence-electron chi connectivity index (χ2n) is 5.96. The number of unbranched alkanes of at least 4 members (excludes halogenated alkanes) is 1. The molecule has 0 spiro atoms. The third-order valence-electron chi connectivity index (χ3n) is 4.06. The average Bonchev–Trinajstić information content (AvgIpc) is 2.91. The van der Waals surface area contributed by atoms with Gasteiger partial charge >= 0.3 is 0 Å². The van der Waals surface area contributed by atoms with E-state index in [4.69, 9.17) is 4.74 Å². The largest absolute Gasteiger partial charge is 0.381 e. The van der Waals surface area contributed by atoms with E-state index in [1.165, 1.54) is 0 Å². The fraction of sp³-hybridized carbons (Fsp3) is 0.444. The zero-order valence-corrected chi connectivity index (χ0v) is 13.8. The van der Waals surface area contributed by atoms with E-state index >= 15 is 0 Å². The summed E-state index contributed by atoms with van der Waals surface area (Å²) in [5.74, 6) is 0. The van der Waals surface area contributed by atoms with E-state index in [0.717, 1.165) is 47.9 Å². The van der Waals surface area contributed by atoms with Gasteiger partial charge in [0.1, 0.15) is 11.0 Å². The van der Waals surface area contributed by atoms with Crippen LogP contribution in [-0.2, 0) is 11.3 Å². The lowest BCUT2D eigenvalue weighted by molar-refractivity contribution is 0.125. The van der Waals surface area contributed by atoms with E-state index < -0.39 is 0 Å². The molecule has 0 amide bonds. The number of hydrogen-bond donors (Lipinski definition) is 1. The average molecular weight is 313 g/mol. The first kappa shape index (κ1) is 15.7. The quantitative estimate of drug-likeness (QED) is 0.680. The molecule has 0 unspecified atom stereocenters. The van der Waals surface area contributed by atoms with E-state index in [0.29, 0.717) is 18.7 Å². The number of aryl methyl sites for hydroxylation is 2. The van der Waals surface area contributed by atoms with Crippen LogP contribution in [0.5, 0.6) is 0 Å². The molecular formula is C18H23N3O2. The zero-order valence-electron chi connectivity index (χ0n) is 13.8. The van der Waals surface area contributed by atoms with Crippen molar-refractivity contribution in [3.8, 4) is 0 Å². The number of aromatic amines is 1. The molecule has 0 atom stereocenters. The van der Waals surface area contributed by atoms with Crippen molar-refractivity contribution in [1.82, 2.24) is 14.5 Å². The molecule has 0 saturated carbocycles.